The van der Waals surface area contributed by atoms with Crippen molar-refractivity contribution in [1.29, 1.82) is 0 Å². The van der Waals surface area contributed by atoms with Crippen LogP contribution in [-0.2, 0) is 42.6 Å². The third-order valence-electron chi connectivity index (χ3n) is 0.821. The minimum absolute atomic E-state index is 0. The van der Waals surface area contributed by atoms with Gasteiger partial charge < -0.3 is 27.0 Å². The third-order valence-corrected chi connectivity index (χ3v) is 4.86. The maximum absolute atomic E-state index is 11.4. The van der Waals surface area contributed by atoms with Gasteiger partial charge in [-0.3, -0.25) is 0 Å². The summed E-state index contributed by atoms with van der Waals surface area (Å²) in [5.74, 6) is 0. The molecule has 0 spiro atoms. The molecule has 1 aliphatic heterocycles. The molecule has 1 aliphatic rings. The molecule has 1 rings (SSSR count). The smallest absolute Gasteiger partial charge is 2.00 e. The molecule has 0 N–H and O–H groups in total. The van der Waals surface area contributed by atoms with Crippen molar-refractivity contribution in [3.63, 3.8) is 0 Å². The number of rotatable bonds is 0. The van der Waals surface area contributed by atoms with Crippen LogP contribution in [0, 0.1) is 0 Å². The van der Waals surface area contributed by atoms with E-state index in [4.69, 9.17) is 0 Å². The summed E-state index contributed by atoms with van der Waals surface area (Å²) in [5, 5.41) is 0. The third kappa shape index (κ3) is 4.50. The molecule has 58 valence electrons. The van der Waals surface area contributed by atoms with E-state index in [-0.39, 0.29) is 27.0 Å². The van der Waals surface area contributed by atoms with Crippen LogP contribution in [-0.4, -0.2) is 0 Å². The van der Waals surface area contributed by atoms with Crippen molar-refractivity contribution in [2.24, 2.45) is 0 Å². The quantitative estimate of drug-likeness (QED) is 0.466. The second kappa shape index (κ2) is 1.83. The monoisotopic (exact) mass is 266 g/mol. The van der Waals surface area contributed by atoms with Crippen LogP contribution in [0.4, 0.5) is 12.6 Å². The van der Waals surface area contributed by atoms with Gasteiger partial charge in [0.05, 0.1) is 0 Å². The molecule has 0 unspecified atom stereocenters. The van der Waals surface area contributed by atoms with Gasteiger partial charge >= 0.3 is 37.9 Å². The summed E-state index contributed by atoms with van der Waals surface area (Å²) in [6, 6.07) is 0. The van der Waals surface area contributed by atoms with Gasteiger partial charge in [0.15, 0.2) is 0 Å². The first-order chi connectivity index (χ1) is 2.71. The van der Waals surface area contributed by atoms with E-state index in [1.54, 1.807) is 0 Å². The van der Waals surface area contributed by atoms with Crippen LogP contribution >= 0.6 is 0 Å². The van der Waals surface area contributed by atoms with E-state index in [2.05, 4.69) is 0 Å². The first kappa shape index (κ1) is 12.8. The van der Waals surface area contributed by atoms with Crippen molar-refractivity contribution in [2.75, 3.05) is 0 Å². The zero-order valence-corrected chi connectivity index (χ0v) is 7.79. The SMILES string of the molecule is [F][Mo+4]1([F])([F])([F])[CH2][CH2]1.[S-2].[S-2]. The van der Waals surface area contributed by atoms with Gasteiger partial charge in [-0.25, -0.2) is 0 Å². The van der Waals surface area contributed by atoms with Crippen LogP contribution in [0.3, 0.4) is 0 Å². The number of hydrogen-bond acceptors (Lipinski definition) is 0. The summed E-state index contributed by atoms with van der Waals surface area (Å²) in [5.41, 5.74) is 0. The maximum atomic E-state index is 11.4. The van der Waals surface area contributed by atoms with Gasteiger partial charge in [-0.1, -0.05) is 0 Å². The number of halogens is 4. The van der Waals surface area contributed by atoms with E-state index >= 15 is 0 Å². The topological polar surface area (TPSA) is 0 Å². The maximum Gasteiger partial charge on any atom is -2.00 e. The summed E-state index contributed by atoms with van der Waals surface area (Å²) in [6.45, 7) is 0. The molecule has 0 radical (unpaired) electrons. The molecular formula is C2H4F4MoS2. The molecule has 0 aliphatic carbocycles. The van der Waals surface area contributed by atoms with Crippen molar-refractivity contribution in [3.05, 3.63) is 0 Å². The Morgan fingerprint density at radius 1 is 0.778 bits per heavy atom. The molecule has 0 aromatic carbocycles. The fraction of sp³-hybridized carbons (Fsp3) is 1.00. The van der Waals surface area contributed by atoms with E-state index in [1.807, 2.05) is 0 Å². The van der Waals surface area contributed by atoms with E-state index in [0.717, 1.165) is 0 Å². The summed E-state index contributed by atoms with van der Waals surface area (Å²) >= 11 is -7.93. The molecule has 0 aromatic rings. The second-order valence-electron chi connectivity index (χ2n) is 1.84. The summed E-state index contributed by atoms with van der Waals surface area (Å²) in [4.78, 5) is -2.19. The first-order valence-corrected chi connectivity index (χ1v) is 7.57. The molecule has 9 heavy (non-hydrogen) atoms. The van der Waals surface area contributed by atoms with Crippen LogP contribution in [0.25, 0.3) is 0 Å². The Hall–Kier alpha value is 1.11. The molecule has 0 nitrogen and oxygen atoms in total. The van der Waals surface area contributed by atoms with Gasteiger partial charge in [-0.05, 0) is 0 Å². The first-order valence-electron chi connectivity index (χ1n) is 1.69. The molecule has 1 saturated heterocycles. The predicted octanol–water partition coefficient (Wildman–Crippen LogP) is 2.60. The molecule has 0 saturated carbocycles. The van der Waals surface area contributed by atoms with Crippen LogP contribution in [0.15, 0.2) is 0 Å². The summed E-state index contributed by atoms with van der Waals surface area (Å²) in [6.07, 6.45) is 0. The van der Waals surface area contributed by atoms with Gasteiger partial charge in [-0.15, -0.1) is 0 Å². The molecule has 1 fully saturated rings. The Morgan fingerprint density at radius 2 is 0.889 bits per heavy atom. The largest absolute Gasteiger partial charge is 2.00 e. The average Bonchev–Trinajstić information content (AvgIpc) is 1.69. The molecule has 0 bridgehead atoms. The molecular weight excluding hydrogens is 260 g/mol. The van der Waals surface area contributed by atoms with Crippen molar-refractivity contribution in [1.82, 2.24) is 0 Å². The van der Waals surface area contributed by atoms with E-state index in [1.165, 1.54) is 0 Å². The zero-order chi connectivity index (χ0) is 5.82. The second-order valence-corrected chi connectivity index (χ2v) is 10.9. The Bertz CT molecular complexity index is 114. The fourth-order valence-electron chi connectivity index (χ4n) is 0.126. The van der Waals surface area contributed by atoms with Gasteiger partial charge in [0, 0.05) is 0 Å². The summed E-state index contributed by atoms with van der Waals surface area (Å²) in [7, 11) is 0. The zero-order valence-electron chi connectivity index (χ0n) is 4.15. The molecule has 0 atom stereocenters. The summed E-state index contributed by atoms with van der Waals surface area (Å²) < 4.78 is 45.5. The Morgan fingerprint density at radius 3 is 0.889 bits per heavy atom. The minimum atomic E-state index is -7.93. The van der Waals surface area contributed by atoms with Crippen molar-refractivity contribution in [2.45, 2.75) is 9.62 Å². The van der Waals surface area contributed by atoms with Crippen LogP contribution in [0.2, 0.25) is 9.62 Å². The van der Waals surface area contributed by atoms with Crippen LogP contribution in [0.1, 0.15) is 0 Å². The molecule has 0 aromatic heterocycles. The Labute approximate surface area is 65.0 Å². The van der Waals surface area contributed by atoms with Crippen molar-refractivity contribution < 1.29 is 28.3 Å². The van der Waals surface area contributed by atoms with Gasteiger partial charge in [0.25, 0.3) is 0 Å². The number of hydrogen-bond donors (Lipinski definition) is 0. The average molecular weight is 264 g/mol. The molecule has 0 amide bonds. The van der Waals surface area contributed by atoms with Gasteiger partial charge in [0.1, 0.15) is 0 Å². The van der Waals surface area contributed by atoms with Crippen LogP contribution in [0.5, 0.6) is 0 Å². The van der Waals surface area contributed by atoms with E-state index in [0.29, 0.717) is 0 Å². The van der Waals surface area contributed by atoms with Gasteiger partial charge in [0.2, 0.25) is 0 Å². The van der Waals surface area contributed by atoms with E-state index < -0.39 is 25.3 Å². The van der Waals surface area contributed by atoms with E-state index in [9.17, 15) is 12.6 Å². The van der Waals surface area contributed by atoms with Crippen LogP contribution < -0.4 is 0 Å². The minimum Gasteiger partial charge on any atom is -2.00 e. The predicted molar refractivity (Wildman–Crippen MR) is 28.8 cm³/mol. The Kier molecular flexibility index (Phi) is 2.59. The van der Waals surface area contributed by atoms with Crippen molar-refractivity contribution in [3.8, 4) is 0 Å². The Balaban J connectivity index is 0. The fourth-order valence-corrected chi connectivity index (χ4v) is 4.41. The standard InChI is InChI=1S/C2H4.4FH.Mo.2S/c1-2;;;;;;;/h1-2H2;4*1H;;;/q;;;;;+8;2*-2/p-4. The normalized spacial score (nSPS) is 30.7. The molecule has 7 heteroatoms. The van der Waals surface area contributed by atoms with Crippen molar-refractivity contribution >= 4 is 27.0 Å². The van der Waals surface area contributed by atoms with Gasteiger partial charge in [-0.2, -0.15) is 0 Å². The molecule has 1 heterocycles.